The van der Waals surface area contributed by atoms with Crippen LogP contribution in [0.3, 0.4) is 0 Å². The van der Waals surface area contributed by atoms with Crippen LogP contribution in [0.5, 0.6) is 0 Å². The SMILES string of the molecule is COCCNC(=O)CN1CCNCC12CCCCC2. The molecule has 0 aromatic rings. The quantitative estimate of drug-likeness (QED) is 0.708. The molecule has 0 aromatic carbocycles. The monoisotopic (exact) mass is 269 g/mol. The molecule has 2 rings (SSSR count). The van der Waals surface area contributed by atoms with E-state index >= 15 is 0 Å². The minimum absolute atomic E-state index is 0.129. The zero-order valence-corrected chi connectivity index (χ0v) is 12.0. The summed E-state index contributed by atoms with van der Waals surface area (Å²) < 4.78 is 4.95. The lowest BCUT2D eigenvalue weighted by atomic mass is 9.79. The zero-order chi connectivity index (χ0) is 13.6. The molecular formula is C14H27N3O2. The van der Waals surface area contributed by atoms with Crippen molar-refractivity contribution in [2.24, 2.45) is 0 Å². The molecule has 2 aliphatic rings. The van der Waals surface area contributed by atoms with Crippen molar-refractivity contribution in [3.63, 3.8) is 0 Å². The number of hydrogen-bond acceptors (Lipinski definition) is 4. The Balaban J connectivity index is 1.86. The number of carbonyl (C=O) groups is 1. The van der Waals surface area contributed by atoms with Gasteiger partial charge in [0.25, 0.3) is 0 Å². The molecule has 1 spiro atoms. The zero-order valence-electron chi connectivity index (χ0n) is 12.0. The second-order valence-corrected chi connectivity index (χ2v) is 5.73. The van der Waals surface area contributed by atoms with Gasteiger partial charge in [0.2, 0.25) is 5.91 Å². The van der Waals surface area contributed by atoms with E-state index in [9.17, 15) is 4.79 Å². The van der Waals surface area contributed by atoms with Crippen molar-refractivity contribution < 1.29 is 9.53 Å². The highest BCUT2D eigenvalue weighted by atomic mass is 16.5. The van der Waals surface area contributed by atoms with Gasteiger partial charge in [-0.1, -0.05) is 19.3 Å². The fourth-order valence-electron chi connectivity index (χ4n) is 3.36. The van der Waals surface area contributed by atoms with Crippen LogP contribution in [-0.2, 0) is 9.53 Å². The van der Waals surface area contributed by atoms with E-state index < -0.39 is 0 Å². The summed E-state index contributed by atoms with van der Waals surface area (Å²) in [6, 6.07) is 0. The third-order valence-electron chi connectivity index (χ3n) is 4.43. The lowest BCUT2D eigenvalue weighted by molar-refractivity contribution is -0.125. The Morgan fingerprint density at radius 1 is 1.37 bits per heavy atom. The van der Waals surface area contributed by atoms with Crippen molar-refractivity contribution in [2.45, 2.75) is 37.6 Å². The molecule has 110 valence electrons. The van der Waals surface area contributed by atoms with Crippen LogP contribution in [-0.4, -0.2) is 62.8 Å². The molecule has 0 aromatic heterocycles. The van der Waals surface area contributed by atoms with Crippen molar-refractivity contribution in [3.05, 3.63) is 0 Å². The Morgan fingerprint density at radius 3 is 2.89 bits per heavy atom. The lowest BCUT2D eigenvalue weighted by Crippen LogP contribution is -2.63. The molecule has 5 nitrogen and oxygen atoms in total. The molecule has 1 saturated heterocycles. The van der Waals surface area contributed by atoms with Crippen molar-refractivity contribution in [1.29, 1.82) is 0 Å². The van der Waals surface area contributed by atoms with E-state index in [4.69, 9.17) is 4.74 Å². The number of amides is 1. The van der Waals surface area contributed by atoms with E-state index in [0.29, 0.717) is 19.7 Å². The fraction of sp³-hybridized carbons (Fsp3) is 0.929. The molecule has 19 heavy (non-hydrogen) atoms. The second-order valence-electron chi connectivity index (χ2n) is 5.73. The van der Waals surface area contributed by atoms with E-state index in [-0.39, 0.29) is 11.4 Å². The molecule has 1 aliphatic carbocycles. The highest BCUT2D eigenvalue weighted by Crippen LogP contribution is 2.34. The van der Waals surface area contributed by atoms with Gasteiger partial charge in [-0.15, -0.1) is 0 Å². The molecule has 1 amide bonds. The summed E-state index contributed by atoms with van der Waals surface area (Å²) in [6.07, 6.45) is 6.39. The highest BCUT2D eigenvalue weighted by molar-refractivity contribution is 5.78. The summed E-state index contributed by atoms with van der Waals surface area (Å²) in [5.74, 6) is 0.129. The van der Waals surface area contributed by atoms with Gasteiger partial charge in [0.1, 0.15) is 0 Å². The highest BCUT2D eigenvalue weighted by Gasteiger charge is 2.40. The van der Waals surface area contributed by atoms with E-state index in [2.05, 4.69) is 15.5 Å². The van der Waals surface area contributed by atoms with E-state index in [1.165, 1.54) is 32.1 Å². The standard InChI is InChI=1S/C14H27N3O2/c1-19-10-8-16-13(18)11-17-9-7-15-12-14(17)5-3-2-4-6-14/h15H,2-12H2,1H3,(H,16,18). The molecule has 0 radical (unpaired) electrons. The van der Waals surface area contributed by atoms with Gasteiger partial charge in [-0.2, -0.15) is 0 Å². The molecule has 0 bridgehead atoms. The lowest BCUT2D eigenvalue weighted by Gasteiger charge is -2.49. The first-order valence-corrected chi connectivity index (χ1v) is 7.48. The Hall–Kier alpha value is -0.650. The van der Waals surface area contributed by atoms with Crippen molar-refractivity contribution >= 4 is 5.91 Å². The first-order valence-electron chi connectivity index (χ1n) is 7.48. The van der Waals surface area contributed by atoms with Crippen LogP contribution in [0, 0.1) is 0 Å². The van der Waals surface area contributed by atoms with E-state index in [0.717, 1.165) is 19.6 Å². The second kappa shape index (κ2) is 7.22. The first-order chi connectivity index (χ1) is 9.27. The van der Waals surface area contributed by atoms with Crippen LogP contribution in [0.1, 0.15) is 32.1 Å². The van der Waals surface area contributed by atoms with Gasteiger partial charge in [-0.05, 0) is 12.8 Å². The summed E-state index contributed by atoms with van der Waals surface area (Å²) in [4.78, 5) is 14.4. The maximum Gasteiger partial charge on any atom is 0.234 e. The fourth-order valence-corrected chi connectivity index (χ4v) is 3.36. The average molecular weight is 269 g/mol. The summed E-state index contributed by atoms with van der Waals surface area (Å²) in [5.41, 5.74) is 0.231. The minimum Gasteiger partial charge on any atom is -0.383 e. The van der Waals surface area contributed by atoms with Gasteiger partial charge >= 0.3 is 0 Å². The van der Waals surface area contributed by atoms with Gasteiger partial charge in [-0.25, -0.2) is 0 Å². The average Bonchev–Trinajstić information content (AvgIpc) is 2.43. The van der Waals surface area contributed by atoms with Crippen LogP contribution in [0.2, 0.25) is 0 Å². The number of nitrogens with zero attached hydrogens (tertiary/aromatic N) is 1. The van der Waals surface area contributed by atoms with Crippen molar-refractivity contribution in [1.82, 2.24) is 15.5 Å². The smallest absolute Gasteiger partial charge is 0.234 e. The Morgan fingerprint density at radius 2 is 2.16 bits per heavy atom. The molecule has 1 aliphatic heterocycles. The number of ether oxygens (including phenoxy) is 1. The molecule has 0 unspecified atom stereocenters. The van der Waals surface area contributed by atoms with Gasteiger partial charge in [-0.3, -0.25) is 9.69 Å². The summed E-state index contributed by atoms with van der Waals surface area (Å²) in [7, 11) is 1.65. The molecule has 1 saturated carbocycles. The number of piperazine rings is 1. The number of hydrogen-bond donors (Lipinski definition) is 2. The number of methoxy groups -OCH3 is 1. The van der Waals surface area contributed by atoms with Crippen molar-refractivity contribution in [3.8, 4) is 0 Å². The normalized spacial score (nSPS) is 23.4. The number of nitrogens with one attached hydrogen (secondary N) is 2. The van der Waals surface area contributed by atoms with Crippen LogP contribution in [0.4, 0.5) is 0 Å². The number of carbonyl (C=O) groups excluding carboxylic acids is 1. The summed E-state index contributed by atoms with van der Waals surface area (Å²) in [5, 5.41) is 6.43. The van der Waals surface area contributed by atoms with Crippen LogP contribution >= 0.6 is 0 Å². The van der Waals surface area contributed by atoms with Crippen LogP contribution < -0.4 is 10.6 Å². The Bertz CT molecular complexity index is 282. The predicted molar refractivity (Wildman–Crippen MR) is 75.1 cm³/mol. The number of rotatable bonds is 5. The third kappa shape index (κ3) is 3.91. The van der Waals surface area contributed by atoms with E-state index in [1.54, 1.807) is 7.11 Å². The molecule has 0 atom stereocenters. The Labute approximate surface area is 116 Å². The minimum atomic E-state index is 0.129. The molecular weight excluding hydrogens is 242 g/mol. The summed E-state index contributed by atoms with van der Waals surface area (Å²) >= 11 is 0. The predicted octanol–water partition coefficient (Wildman–Crippen LogP) is 0.357. The largest absolute Gasteiger partial charge is 0.383 e. The van der Waals surface area contributed by atoms with Gasteiger partial charge < -0.3 is 15.4 Å². The molecule has 2 fully saturated rings. The van der Waals surface area contributed by atoms with Crippen molar-refractivity contribution in [2.75, 3.05) is 46.4 Å². The molecule has 1 heterocycles. The van der Waals surface area contributed by atoms with Crippen LogP contribution in [0.25, 0.3) is 0 Å². The Kier molecular flexibility index (Phi) is 5.60. The first kappa shape index (κ1) is 14.8. The van der Waals surface area contributed by atoms with Gasteiger partial charge in [0.05, 0.1) is 13.2 Å². The van der Waals surface area contributed by atoms with E-state index in [1.807, 2.05) is 0 Å². The van der Waals surface area contributed by atoms with Gasteiger partial charge in [0, 0.05) is 38.8 Å². The summed E-state index contributed by atoms with van der Waals surface area (Å²) in [6.45, 7) is 4.74. The maximum absolute atomic E-state index is 12.0. The topological polar surface area (TPSA) is 53.6 Å². The third-order valence-corrected chi connectivity index (χ3v) is 4.43. The van der Waals surface area contributed by atoms with Gasteiger partial charge in [0.15, 0.2) is 0 Å². The maximum atomic E-state index is 12.0. The molecule has 2 N–H and O–H groups in total. The molecule has 5 heteroatoms. The van der Waals surface area contributed by atoms with Crippen LogP contribution in [0.15, 0.2) is 0 Å².